The second-order valence-electron chi connectivity index (χ2n) is 8.03. The highest BCUT2D eigenvalue weighted by molar-refractivity contribution is 5.79. The summed E-state index contributed by atoms with van der Waals surface area (Å²) in [6, 6.07) is 15.8. The molecule has 2 aromatic carbocycles. The monoisotopic (exact) mass is 452 g/mol. The summed E-state index contributed by atoms with van der Waals surface area (Å²) in [4.78, 5) is 24.1. The zero-order chi connectivity index (χ0) is 23.6. The molecule has 7 nitrogen and oxygen atoms in total. The number of aliphatic hydroxyl groups is 1. The number of amides is 1. The molecule has 0 aliphatic heterocycles. The number of fused-ring (bicyclic) bond motifs is 3. The molecule has 176 valence electrons. The average molecular weight is 453 g/mol. The maximum absolute atomic E-state index is 12.6. The standard InChI is InChI=1S/C26H32N2O5/c1-3-9-23(24(29)15-27-16-25(30)32-14-4-2)28-26(31)33-17-22-20-12-7-5-10-18(20)19-11-6-8-13-21(19)22/h4-8,10-13,22-24,27,29H,2-3,9,14-17H2,1H3,(H,28,31)/t23-,24?/m0/s1. The van der Waals surface area contributed by atoms with Gasteiger partial charge in [-0.25, -0.2) is 4.79 Å². The van der Waals surface area contributed by atoms with Crippen molar-refractivity contribution in [1.82, 2.24) is 10.6 Å². The Morgan fingerprint density at radius 2 is 1.73 bits per heavy atom. The van der Waals surface area contributed by atoms with Crippen LogP contribution in [0.2, 0.25) is 0 Å². The number of ether oxygens (including phenoxy) is 2. The van der Waals surface area contributed by atoms with Crippen LogP contribution in [0.5, 0.6) is 0 Å². The molecule has 33 heavy (non-hydrogen) atoms. The van der Waals surface area contributed by atoms with E-state index in [4.69, 9.17) is 9.47 Å². The van der Waals surface area contributed by atoms with E-state index in [2.05, 4.69) is 41.5 Å². The molecular formula is C26H32N2O5. The van der Waals surface area contributed by atoms with Crippen LogP contribution in [0.15, 0.2) is 61.2 Å². The van der Waals surface area contributed by atoms with Gasteiger partial charge in [-0.1, -0.05) is 74.5 Å². The van der Waals surface area contributed by atoms with Gasteiger partial charge in [0.25, 0.3) is 0 Å². The van der Waals surface area contributed by atoms with Crippen LogP contribution in [-0.2, 0) is 14.3 Å². The van der Waals surface area contributed by atoms with Crippen LogP contribution in [-0.4, -0.2) is 55.6 Å². The van der Waals surface area contributed by atoms with Crippen molar-refractivity contribution in [2.24, 2.45) is 0 Å². The third kappa shape index (κ3) is 6.43. The van der Waals surface area contributed by atoms with Gasteiger partial charge >= 0.3 is 12.1 Å². The fourth-order valence-corrected chi connectivity index (χ4v) is 4.13. The number of aliphatic hydroxyl groups excluding tert-OH is 1. The first-order valence-electron chi connectivity index (χ1n) is 11.3. The fourth-order valence-electron chi connectivity index (χ4n) is 4.13. The first-order chi connectivity index (χ1) is 16.0. The van der Waals surface area contributed by atoms with E-state index < -0.39 is 24.2 Å². The zero-order valence-corrected chi connectivity index (χ0v) is 19.0. The second kappa shape index (κ2) is 12.2. The van der Waals surface area contributed by atoms with E-state index in [1.807, 2.05) is 31.2 Å². The molecule has 3 rings (SSSR count). The third-order valence-electron chi connectivity index (χ3n) is 5.70. The summed E-state index contributed by atoms with van der Waals surface area (Å²) in [6.45, 7) is 5.91. The van der Waals surface area contributed by atoms with Crippen molar-refractivity contribution in [3.63, 3.8) is 0 Å². The van der Waals surface area contributed by atoms with E-state index >= 15 is 0 Å². The number of rotatable bonds is 12. The SMILES string of the molecule is C=CCOC(=O)CNCC(O)[C@H](CCC)NC(=O)OCC1c2ccccc2-c2ccccc21. The molecule has 0 radical (unpaired) electrons. The van der Waals surface area contributed by atoms with Crippen LogP contribution in [0.3, 0.4) is 0 Å². The minimum absolute atomic E-state index is 0.0269. The van der Waals surface area contributed by atoms with Gasteiger partial charge in [0.05, 0.1) is 18.7 Å². The van der Waals surface area contributed by atoms with Crippen LogP contribution in [0.25, 0.3) is 11.1 Å². The molecule has 0 bridgehead atoms. The van der Waals surface area contributed by atoms with Crippen LogP contribution in [0, 0.1) is 0 Å². The van der Waals surface area contributed by atoms with Gasteiger partial charge in [-0.2, -0.15) is 0 Å². The molecule has 0 heterocycles. The lowest BCUT2D eigenvalue weighted by molar-refractivity contribution is -0.141. The van der Waals surface area contributed by atoms with Crippen molar-refractivity contribution >= 4 is 12.1 Å². The van der Waals surface area contributed by atoms with Gasteiger partial charge in [0, 0.05) is 12.5 Å². The predicted molar refractivity (Wildman–Crippen MR) is 127 cm³/mol. The molecule has 1 unspecified atom stereocenters. The number of hydrogen-bond donors (Lipinski definition) is 3. The van der Waals surface area contributed by atoms with Crippen LogP contribution in [0.1, 0.15) is 36.8 Å². The van der Waals surface area contributed by atoms with E-state index in [1.54, 1.807) is 0 Å². The van der Waals surface area contributed by atoms with E-state index in [-0.39, 0.29) is 32.2 Å². The fraction of sp³-hybridized carbons (Fsp3) is 0.385. The highest BCUT2D eigenvalue weighted by Gasteiger charge is 2.29. The summed E-state index contributed by atoms with van der Waals surface area (Å²) in [5, 5.41) is 16.2. The van der Waals surface area contributed by atoms with E-state index in [9.17, 15) is 14.7 Å². The van der Waals surface area contributed by atoms with Gasteiger partial charge in [-0.3, -0.25) is 4.79 Å². The van der Waals surface area contributed by atoms with Crippen molar-refractivity contribution in [3.05, 3.63) is 72.3 Å². The van der Waals surface area contributed by atoms with Gasteiger partial charge in [0.1, 0.15) is 13.2 Å². The Labute approximate surface area is 194 Å². The molecule has 2 atom stereocenters. The Morgan fingerprint density at radius 3 is 2.33 bits per heavy atom. The van der Waals surface area contributed by atoms with E-state index in [0.29, 0.717) is 6.42 Å². The summed E-state index contributed by atoms with van der Waals surface area (Å²) in [5.41, 5.74) is 4.62. The average Bonchev–Trinajstić information content (AvgIpc) is 3.15. The van der Waals surface area contributed by atoms with Gasteiger partial charge in [0.2, 0.25) is 0 Å². The molecule has 0 saturated heterocycles. The largest absolute Gasteiger partial charge is 0.461 e. The van der Waals surface area contributed by atoms with Gasteiger partial charge < -0.3 is 25.2 Å². The minimum Gasteiger partial charge on any atom is -0.461 e. The summed E-state index contributed by atoms with van der Waals surface area (Å²) >= 11 is 0. The van der Waals surface area contributed by atoms with Crippen molar-refractivity contribution in [1.29, 1.82) is 0 Å². The highest BCUT2D eigenvalue weighted by atomic mass is 16.5. The maximum atomic E-state index is 12.6. The normalized spacial score (nSPS) is 14.0. The number of esters is 1. The smallest absolute Gasteiger partial charge is 0.407 e. The van der Waals surface area contributed by atoms with Crippen molar-refractivity contribution in [2.45, 2.75) is 37.8 Å². The topological polar surface area (TPSA) is 96.9 Å². The molecule has 0 fully saturated rings. The molecule has 0 spiro atoms. The predicted octanol–water partition coefficient (Wildman–Crippen LogP) is 3.37. The maximum Gasteiger partial charge on any atom is 0.407 e. The van der Waals surface area contributed by atoms with Crippen LogP contribution < -0.4 is 10.6 Å². The lowest BCUT2D eigenvalue weighted by Gasteiger charge is -2.24. The Morgan fingerprint density at radius 1 is 1.09 bits per heavy atom. The Balaban J connectivity index is 1.53. The number of carbonyl (C=O) groups is 2. The van der Waals surface area contributed by atoms with Crippen molar-refractivity contribution < 1.29 is 24.2 Å². The summed E-state index contributed by atoms with van der Waals surface area (Å²) in [6.07, 6.45) is 1.39. The van der Waals surface area contributed by atoms with Crippen molar-refractivity contribution in [2.75, 3.05) is 26.3 Å². The second-order valence-corrected chi connectivity index (χ2v) is 8.03. The molecule has 1 amide bonds. The molecule has 3 N–H and O–H groups in total. The molecule has 1 aliphatic carbocycles. The number of nitrogens with one attached hydrogen (secondary N) is 2. The van der Waals surface area contributed by atoms with E-state index in [1.165, 1.54) is 17.2 Å². The summed E-state index contributed by atoms with van der Waals surface area (Å²) < 4.78 is 10.5. The van der Waals surface area contributed by atoms with Crippen LogP contribution >= 0.6 is 0 Å². The van der Waals surface area contributed by atoms with Gasteiger partial charge in [-0.05, 0) is 28.7 Å². The first kappa shape index (κ1) is 24.5. The highest BCUT2D eigenvalue weighted by Crippen LogP contribution is 2.44. The minimum atomic E-state index is -0.877. The number of alkyl carbamates (subject to hydrolysis) is 1. The molecule has 1 aliphatic rings. The first-order valence-corrected chi connectivity index (χ1v) is 11.3. The lowest BCUT2D eigenvalue weighted by Crippen LogP contribution is -2.48. The summed E-state index contributed by atoms with van der Waals surface area (Å²) in [7, 11) is 0. The molecule has 0 saturated carbocycles. The number of hydrogen-bond acceptors (Lipinski definition) is 6. The lowest BCUT2D eigenvalue weighted by atomic mass is 9.98. The molecular weight excluding hydrogens is 420 g/mol. The van der Waals surface area contributed by atoms with E-state index in [0.717, 1.165) is 17.5 Å². The van der Waals surface area contributed by atoms with Crippen molar-refractivity contribution in [3.8, 4) is 11.1 Å². The Hall–Kier alpha value is -3.16. The zero-order valence-electron chi connectivity index (χ0n) is 19.0. The quantitative estimate of drug-likeness (QED) is 0.338. The molecule has 0 aromatic heterocycles. The molecule has 2 aromatic rings. The Kier molecular flexibility index (Phi) is 9.04. The molecule has 7 heteroatoms. The number of benzene rings is 2. The third-order valence-corrected chi connectivity index (χ3v) is 5.70. The van der Waals surface area contributed by atoms with Crippen LogP contribution in [0.4, 0.5) is 4.79 Å². The van der Waals surface area contributed by atoms with Gasteiger partial charge in [0.15, 0.2) is 0 Å². The Bertz CT molecular complexity index is 916. The number of carbonyl (C=O) groups excluding carboxylic acids is 2. The van der Waals surface area contributed by atoms with Gasteiger partial charge in [-0.15, -0.1) is 0 Å². The summed E-state index contributed by atoms with van der Waals surface area (Å²) in [5.74, 6) is -0.459.